The number of nitrogens with two attached hydrogens (primary N) is 2. The van der Waals surface area contributed by atoms with E-state index in [4.69, 9.17) is 23.1 Å². The first-order chi connectivity index (χ1) is 16.8. The van der Waals surface area contributed by atoms with Gasteiger partial charge in [-0.15, -0.1) is 0 Å². The molecule has 2 atom stereocenters. The Bertz CT molecular complexity index is 1130. The zero-order chi connectivity index (χ0) is 24.9. The molecule has 2 aromatic carbocycles. The van der Waals surface area contributed by atoms with Crippen molar-refractivity contribution in [3.63, 3.8) is 0 Å². The molecule has 0 saturated carbocycles. The Balaban J connectivity index is 1.48. The largest absolute Gasteiger partial charge is 0.370 e. The predicted octanol–water partition coefficient (Wildman–Crippen LogP) is 1.13. The normalized spacial score (nSPS) is 19.6. The third kappa shape index (κ3) is 6.27. The molecule has 2 aromatic rings. The molecule has 1 aliphatic heterocycles. The zero-order valence-electron chi connectivity index (χ0n) is 19.2. The lowest BCUT2D eigenvalue weighted by Crippen LogP contribution is -2.42. The number of hydrogen-bond donors (Lipinski definition) is 5. The van der Waals surface area contributed by atoms with Crippen molar-refractivity contribution in [1.29, 1.82) is 0 Å². The number of amides is 2. The smallest absolute Gasteiger partial charge is 0.313 e. The average Bonchev–Trinajstić information content (AvgIpc) is 3.17. The molecule has 186 valence electrons. The lowest BCUT2D eigenvalue weighted by atomic mass is 10.00. The molecule has 1 heterocycles. The van der Waals surface area contributed by atoms with Crippen LogP contribution in [0, 0.1) is 11.7 Å². The Labute approximate surface area is 208 Å². The van der Waals surface area contributed by atoms with Gasteiger partial charge < -0.3 is 27.4 Å². The van der Waals surface area contributed by atoms with Crippen LogP contribution in [-0.2, 0) is 22.6 Å². The fraction of sp³-hybridized carbons (Fsp3) is 0.375. The van der Waals surface area contributed by atoms with Gasteiger partial charge in [0, 0.05) is 50.9 Å². The fourth-order valence-corrected chi connectivity index (χ4v) is 4.69. The van der Waals surface area contributed by atoms with Crippen LogP contribution in [0.1, 0.15) is 22.7 Å². The topological polar surface area (TPSA) is 138 Å². The third-order valence-electron chi connectivity index (χ3n) is 6.29. The van der Waals surface area contributed by atoms with Gasteiger partial charge in [-0.05, 0) is 41.3 Å². The van der Waals surface area contributed by atoms with Gasteiger partial charge in [-0.25, -0.2) is 4.39 Å². The maximum Gasteiger partial charge on any atom is 0.313 e. The predicted molar refractivity (Wildman–Crippen MR) is 133 cm³/mol. The van der Waals surface area contributed by atoms with E-state index >= 15 is 0 Å². The summed E-state index contributed by atoms with van der Waals surface area (Å²) in [6, 6.07) is 9.55. The molecule has 2 aliphatic rings. The molecule has 2 amide bonds. The summed E-state index contributed by atoms with van der Waals surface area (Å²) in [5, 5.41) is 8.49. The molecular weight excluding hydrogens is 473 g/mol. The van der Waals surface area contributed by atoms with E-state index < -0.39 is 23.7 Å². The summed E-state index contributed by atoms with van der Waals surface area (Å²) in [7, 11) is 0. The first-order valence-electron chi connectivity index (χ1n) is 11.5. The Morgan fingerprint density at radius 3 is 2.63 bits per heavy atom. The minimum absolute atomic E-state index is 0.0343. The molecule has 0 radical (unpaired) electrons. The summed E-state index contributed by atoms with van der Waals surface area (Å²) in [4.78, 5) is 31.8. The minimum atomic E-state index is -0.906. The molecule has 4 rings (SSSR count). The molecule has 35 heavy (non-hydrogen) atoms. The number of hydrogen-bond acceptors (Lipinski definition) is 5. The number of nitrogens with one attached hydrogen (secondary N) is 3. The number of carbonyl (C=O) groups excluding carboxylic acids is 2. The SMILES string of the molecule is NC(N)=NC[C@H]1Cc2cc(CN3CCNCC3)ccc2[C@@H]1NC(=O)C(=O)Nc1ccc(Cl)c(F)c1. The minimum Gasteiger partial charge on any atom is -0.370 e. The van der Waals surface area contributed by atoms with E-state index in [0.717, 1.165) is 49.9 Å². The highest BCUT2D eigenvalue weighted by molar-refractivity contribution is 6.39. The van der Waals surface area contributed by atoms with E-state index in [-0.39, 0.29) is 22.6 Å². The third-order valence-corrected chi connectivity index (χ3v) is 6.60. The van der Waals surface area contributed by atoms with Gasteiger partial charge in [-0.3, -0.25) is 19.5 Å². The van der Waals surface area contributed by atoms with Crippen molar-refractivity contribution >= 4 is 35.1 Å². The number of aliphatic imine (C=N–C) groups is 1. The number of fused-ring (bicyclic) bond motifs is 1. The second kappa shape index (κ2) is 11.0. The van der Waals surface area contributed by atoms with E-state index in [1.54, 1.807) is 0 Å². The molecule has 7 N–H and O–H groups in total. The van der Waals surface area contributed by atoms with Crippen molar-refractivity contribution in [3.8, 4) is 0 Å². The highest BCUT2D eigenvalue weighted by Gasteiger charge is 2.35. The molecular formula is C24H29ClFN7O2. The number of carbonyl (C=O) groups is 2. The summed E-state index contributed by atoms with van der Waals surface area (Å²) < 4.78 is 13.7. The number of piperazine rings is 1. The summed E-state index contributed by atoms with van der Waals surface area (Å²) in [5.41, 5.74) is 14.4. The number of guanidine groups is 1. The first-order valence-corrected chi connectivity index (χ1v) is 11.8. The van der Waals surface area contributed by atoms with Gasteiger partial charge >= 0.3 is 11.8 Å². The van der Waals surface area contributed by atoms with E-state index in [0.29, 0.717) is 13.0 Å². The maximum atomic E-state index is 13.7. The molecule has 0 bridgehead atoms. The lowest BCUT2D eigenvalue weighted by Gasteiger charge is -2.27. The monoisotopic (exact) mass is 501 g/mol. The van der Waals surface area contributed by atoms with Crippen LogP contribution in [0.15, 0.2) is 41.4 Å². The van der Waals surface area contributed by atoms with E-state index in [2.05, 4.69) is 38.0 Å². The van der Waals surface area contributed by atoms with Gasteiger partial charge in [0.15, 0.2) is 5.96 Å². The molecule has 9 nitrogen and oxygen atoms in total. The van der Waals surface area contributed by atoms with Gasteiger partial charge in [-0.2, -0.15) is 0 Å². The second-order valence-corrected chi connectivity index (χ2v) is 9.23. The van der Waals surface area contributed by atoms with Crippen LogP contribution in [0.2, 0.25) is 5.02 Å². The van der Waals surface area contributed by atoms with E-state index in [1.165, 1.54) is 17.7 Å². The van der Waals surface area contributed by atoms with Gasteiger partial charge in [0.1, 0.15) is 5.82 Å². The number of rotatable bonds is 6. The standard InChI is InChI=1S/C24H29ClFN7O2/c25-19-4-2-17(11-20(19)26)31-22(34)23(35)32-21-16(12-30-24(27)28)10-15-9-14(1-3-18(15)21)13-33-7-5-29-6-8-33/h1-4,9,11,16,21,29H,5-8,10,12-13H2,(H,31,34)(H,32,35)(H4,27,28,30)/t16-,21-/m1/s1. The Morgan fingerprint density at radius 2 is 1.91 bits per heavy atom. The highest BCUT2D eigenvalue weighted by atomic mass is 35.5. The quantitative estimate of drug-likeness (QED) is 0.228. The molecule has 0 unspecified atom stereocenters. The van der Waals surface area contributed by atoms with Gasteiger partial charge in [-0.1, -0.05) is 29.8 Å². The van der Waals surface area contributed by atoms with Gasteiger partial charge in [0.2, 0.25) is 0 Å². The molecule has 11 heteroatoms. The molecule has 1 aliphatic carbocycles. The van der Waals surface area contributed by atoms with Crippen molar-refractivity contribution < 1.29 is 14.0 Å². The van der Waals surface area contributed by atoms with Crippen molar-refractivity contribution in [2.75, 3.05) is 38.0 Å². The number of anilines is 1. The van der Waals surface area contributed by atoms with Crippen molar-refractivity contribution in [1.82, 2.24) is 15.5 Å². The molecule has 0 aromatic heterocycles. The van der Waals surface area contributed by atoms with Crippen molar-refractivity contribution in [2.24, 2.45) is 22.4 Å². The number of nitrogens with zero attached hydrogens (tertiary/aromatic N) is 2. The number of benzene rings is 2. The number of halogens is 2. The van der Waals surface area contributed by atoms with Gasteiger partial charge in [0.05, 0.1) is 11.1 Å². The zero-order valence-corrected chi connectivity index (χ0v) is 19.9. The summed E-state index contributed by atoms with van der Waals surface area (Å²) in [5.74, 6) is -2.59. The van der Waals surface area contributed by atoms with Crippen LogP contribution < -0.4 is 27.4 Å². The highest BCUT2D eigenvalue weighted by Crippen LogP contribution is 2.37. The van der Waals surface area contributed by atoms with Crippen LogP contribution in [0.3, 0.4) is 0 Å². The first kappa shape index (κ1) is 24.9. The Kier molecular flexibility index (Phi) is 7.84. The van der Waals surface area contributed by atoms with Crippen molar-refractivity contribution in [2.45, 2.75) is 19.0 Å². The van der Waals surface area contributed by atoms with Gasteiger partial charge in [0.25, 0.3) is 0 Å². The summed E-state index contributed by atoms with van der Waals surface area (Å²) in [6.07, 6.45) is 0.663. The Hall–Kier alpha value is -3.21. The fourth-order valence-electron chi connectivity index (χ4n) is 4.58. The summed E-state index contributed by atoms with van der Waals surface area (Å²) in [6.45, 7) is 5.10. The van der Waals surface area contributed by atoms with Crippen LogP contribution in [0.5, 0.6) is 0 Å². The molecule has 1 saturated heterocycles. The van der Waals surface area contributed by atoms with Crippen LogP contribution in [0.4, 0.5) is 10.1 Å². The van der Waals surface area contributed by atoms with Crippen LogP contribution in [-0.4, -0.2) is 55.4 Å². The second-order valence-electron chi connectivity index (χ2n) is 8.82. The van der Waals surface area contributed by atoms with E-state index in [1.807, 2.05) is 6.07 Å². The van der Waals surface area contributed by atoms with Crippen molar-refractivity contribution in [3.05, 3.63) is 63.9 Å². The average molecular weight is 502 g/mol. The maximum absolute atomic E-state index is 13.7. The summed E-state index contributed by atoms with van der Waals surface area (Å²) >= 11 is 5.67. The van der Waals surface area contributed by atoms with Crippen LogP contribution >= 0.6 is 11.6 Å². The molecule has 0 spiro atoms. The lowest BCUT2D eigenvalue weighted by molar-refractivity contribution is -0.136. The Morgan fingerprint density at radius 1 is 1.14 bits per heavy atom. The van der Waals surface area contributed by atoms with Crippen LogP contribution in [0.25, 0.3) is 0 Å². The molecule has 1 fully saturated rings. The van der Waals surface area contributed by atoms with E-state index in [9.17, 15) is 14.0 Å².